The van der Waals surface area contributed by atoms with Crippen LogP contribution in [-0.4, -0.2) is 32.8 Å². The summed E-state index contributed by atoms with van der Waals surface area (Å²) in [5.74, 6) is 0.634. The molecular weight excluding hydrogens is 426 g/mol. The molecule has 5 aromatic rings. The van der Waals surface area contributed by atoms with Crippen molar-refractivity contribution in [2.75, 3.05) is 7.11 Å². The summed E-state index contributed by atoms with van der Waals surface area (Å²) in [5.41, 5.74) is 5.17. The fourth-order valence-corrected chi connectivity index (χ4v) is 3.81. The zero-order chi connectivity index (χ0) is 23.3. The first kappa shape index (κ1) is 21.3. The Morgan fingerprint density at radius 3 is 2.47 bits per heavy atom. The average Bonchev–Trinajstić information content (AvgIpc) is 3.40. The number of nitrogens with one attached hydrogen (secondary N) is 1. The number of ether oxygens (including phenoxy) is 1. The number of pyridine rings is 1. The van der Waals surface area contributed by atoms with Crippen LogP contribution in [0.4, 0.5) is 0 Å². The Hall–Kier alpha value is -4.52. The molecule has 0 aliphatic heterocycles. The molecule has 0 fully saturated rings. The van der Waals surface area contributed by atoms with E-state index in [9.17, 15) is 4.79 Å². The maximum absolute atomic E-state index is 13.2. The van der Waals surface area contributed by atoms with Crippen molar-refractivity contribution in [1.29, 1.82) is 0 Å². The number of nitrogens with zero attached hydrogens (tertiary/aromatic N) is 4. The van der Waals surface area contributed by atoms with Crippen molar-refractivity contribution in [1.82, 2.24) is 25.1 Å². The van der Waals surface area contributed by atoms with Gasteiger partial charge in [0.2, 0.25) is 0 Å². The maximum Gasteiger partial charge on any atom is 0.252 e. The molecule has 7 heteroatoms. The van der Waals surface area contributed by atoms with Gasteiger partial charge in [0, 0.05) is 17.5 Å². The van der Waals surface area contributed by atoms with E-state index < -0.39 is 0 Å². The molecule has 0 saturated heterocycles. The molecule has 2 heterocycles. The number of hydrogen-bond donors (Lipinski definition) is 1. The maximum atomic E-state index is 13.2. The number of aromatic nitrogens is 4. The van der Waals surface area contributed by atoms with Crippen molar-refractivity contribution in [2.45, 2.75) is 13.1 Å². The lowest BCUT2D eigenvalue weighted by atomic mass is 10.0. The number of benzene rings is 3. The van der Waals surface area contributed by atoms with Gasteiger partial charge in [0.25, 0.3) is 5.91 Å². The van der Waals surface area contributed by atoms with E-state index in [0.29, 0.717) is 18.7 Å². The van der Waals surface area contributed by atoms with Crippen LogP contribution in [0.15, 0.2) is 91.5 Å². The van der Waals surface area contributed by atoms with Gasteiger partial charge < -0.3 is 10.1 Å². The predicted octanol–water partition coefficient (Wildman–Crippen LogP) is 4.48. The molecule has 5 rings (SSSR count). The highest BCUT2D eigenvalue weighted by Gasteiger charge is 2.14. The summed E-state index contributed by atoms with van der Waals surface area (Å²) in [4.78, 5) is 21.9. The van der Waals surface area contributed by atoms with Crippen LogP contribution in [0.2, 0.25) is 0 Å². The van der Waals surface area contributed by atoms with Crippen LogP contribution >= 0.6 is 0 Å². The summed E-state index contributed by atoms with van der Waals surface area (Å²) < 4.78 is 7.02. The topological polar surface area (TPSA) is 81.9 Å². The van der Waals surface area contributed by atoms with E-state index in [0.717, 1.165) is 39.0 Å². The third-order valence-corrected chi connectivity index (χ3v) is 5.63. The molecule has 168 valence electrons. The molecule has 7 nitrogen and oxygen atoms in total. The Balaban J connectivity index is 1.35. The number of rotatable bonds is 7. The lowest BCUT2D eigenvalue weighted by Gasteiger charge is -2.11. The molecule has 0 aliphatic carbocycles. The highest BCUT2D eigenvalue weighted by molar-refractivity contribution is 6.07. The Bertz CT molecular complexity index is 1410. The smallest absolute Gasteiger partial charge is 0.252 e. The van der Waals surface area contributed by atoms with E-state index in [1.807, 2.05) is 78.9 Å². The van der Waals surface area contributed by atoms with Gasteiger partial charge >= 0.3 is 0 Å². The molecular formula is C27H23N5O2. The molecule has 0 aliphatic rings. The minimum Gasteiger partial charge on any atom is -0.497 e. The van der Waals surface area contributed by atoms with Gasteiger partial charge in [0.1, 0.15) is 18.4 Å². The molecule has 0 atom stereocenters. The Kier molecular flexibility index (Phi) is 5.99. The van der Waals surface area contributed by atoms with E-state index in [2.05, 4.69) is 15.4 Å². The molecule has 3 aromatic carbocycles. The lowest BCUT2D eigenvalue weighted by molar-refractivity contribution is 0.0952. The number of hydrogen-bond acceptors (Lipinski definition) is 5. The number of para-hydroxylation sites is 1. The van der Waals surface area contributed by atoms with Crippen LogP contribution < -0.4 is 10.1 Å². The monoisotopic (exact) mass is 449 g/mol. The fourth-order valence-electron chi connectivity index (χ4n) is 3.81. The van der Waals surface area contributed by atoms with Gasteiger partial charge in [0.15, 0.2) is 0 Å². The van der Waals surface area contributed by atoms with Crippen LogP contribution in [-0.2, 0) is 13.1 Å². The van der Waals surface area contributed by atoms with Gasteiger partial charge in [-0.05, 0) is 47.5 Å². The van der Waals surface area contributed by atoms with Crippen LogP contribution in [0.5, 0.6) is 5.75 Å². The SMILES string of the molecule is COc1ccc(-c2cc(C(=O)NCc3ccc(Cn4cncn4)cc3)c3ccccc3n2)cc1. The van der Waals surface area contributed by atoms with Crippen LogP contribution in [0.1, 0.15) is 21.5 Å². The van der Waals surface area contributed by atoms with Crippen LogP contribution in [0.25, 0.3) is 22.2 Å². The van der Waals surface area contributed by atoms with Crippen molar-refractivity contribution in [2.24, 2.45) is 0 Å². The van der Waals surface area contributed by atoms with Gasteiger partial charge in [0.05, 0.1) is 30.4 Å². The lowest BCUT2D eigenvalue weighted by Crippen LogP contribution is -2.23. The Morgan fingerprint density at radius 2 is 1.74 bits per heavy atom. The van der Waals surface area contributed by atoms with E-state index in [-0.39, 0.29) is 5.91 Å². The van der Waals surface area contributed by atoms with Crippen molar-refractivity contribution < 1.29 is 9.53 Å². The first-order valence-corrected chi connectivity index (χ1v) is 10.9. The third kappa shape index (κ3) is 4.63. The molecule has 1 amide bonds. The fraction of sp³-hybridized carbons (Fsp3) is 0.111. The normalized spacial score (nSPS) is 10.9. The van der Waals surface area contributed by atoms with Gasteiger partial charge in [-0.1, -0.05) is 42.5 Å². The number of carbonyl (C=O) groups is 1. The van der Waals surface area contributed by atoms with E-state index in [1.54, 1.807) is 18.1 Å². The second kappa shape index (κ2) is 9.54. The first-order chi connectivity index (χ1) is 16.7. The summed E-state index contributed by atoms with van der Waals surface area (Å²) in [6, 6.07) is 25.3. The standard InChI is InChI=1S/C27H23N5O2/c1-34-22-12-10-21(11-13-22)26-14-24(23-4-2-3-5-25(23)31-26)27(33)29-15-19-6-8-20(9-7-19)16-32-18-28-17-30-32/h2-14,17-18H,15-16H2,1H3,(H,29,33). The highest BCUT2D eigenvalue weighted by Crippen LogP contribution is 2.26. The van der Waals surface area contributed by atoms with Gasteiger partial charge in [-0.3, -0.25) is 4.79 Å². The summed E-state index contributed by atoms with van der Waals surface area (Å²) >= 11 is 0. The van der Waals surface area contributed by atoms with Gasteiger partial charge in [-0.2, -0.15) is 5.10 Å². The van der Waals surface area contributed by atoms with E-state index in [4.69, 9.17) is 9.72 Å². The number of fused-ring (bicyclic) bond motifs is 1. The van der Waals surface area contributed by atoms with Gasteiger partial charge in [-0.15, -0.1) is 0 Å². The molecule has 0 spiro atoms. The molecule has 2 aromatic heterocycles. The molecule has 1 N–H and O–H groups in total. The molecule has 34 heavy (non-hydrogen) atoms. The van der Waals surface area contributed by atoms with Crippen LogP contribution in [0.3, 0.4) is 0 Å². The average molecular weight is 450 g/mol. The van der Waals surface area contributed by atoms with Crippen molar-refractivity contribution in [3.05, 3.63) is 108 Å². The molecule has 0 radical (unpaired) electrons. The first-order valence-electron chi connectivity index (χ1n) is 10.9. The third-order valence-electron chi connectivity index (χ3n) is 5.63. The summed E-state index contributed by atoms with van der Waals surface area (Å²) in [6.07, 6.45) is 3.21. The number of methoxy groups -OCH3 is 1. The minimum absolute atomic E-state index is 0.139. The quantitative estimate of drug-likeness (QED) is 0.396. The molecule has 0 bridgehead atoms. The van der Waals surface area contributed by atoms with Gasteiger partial charge in [-0.25, -0.2) is 14.6 Å². The Labute approximate surface area is 197 Å². The number of carbonyl (C=O) groups excluding carboxylic acids is 1. The van der Waals surface area contributed by atoms with Crippen molar-refractivity contribution in [3.63, 3.8) is 0 Å². The summed E-state index contributed by atoms with van der Waals surface area (Å²) in [6.45, 7) is 1.08. The molecule has 0 unspecified atom stereocenters. The zero-order valence-corrected chi connectivity index (χ0v) is 18.7. The Morgan fingerprint density at radius 1 is 0.971 bits per heavy atom. The summed E-state index contributed by atoms with van der Waals surface area (Å²) in [5, 5.41) is 8.00. The van der Waals surface area contributed by atoms with Crippen molar-refractivity contribution >= 4 is 16.8 Å². The van der Waals surface area contributed by atoms with Crippen LogP contribution in [0, 0.1) is 0 Å². The summed E-state index contributed by atoms with van der Waals surface area (Å²) in [7, 11) is 1.64. The van der Waals surface area contributed by atoms with E-state index >= 15 is 0 Å². The van der Waals surface area contributed by atoms with E-state index in [1.165, 1.54) is 6.33 Å². The predicted molar refractivity (Wildman–Crippen MR) is 130 cm³/mol. The zero-order valence-electron chi connectivity index (χ0n) is 18.7. The number of amides is 1. The second-order valence-electron chi connectivity index (χ2n) is 7.89. The minimum atomic E-state index is -0.139. The second-order valence-corrected chi connectivity index (χ2v) is 7.89. The highest BCUT2D eigenvalue weighted by atomic mass is 16.5. The van der Waals surface area contributed by atoms with Crippen molar-refractivity contribution in [3.8, 4) is 17.0 Å². The largest absolute Gasteiger partial charge is 0.497 e. The molecule has 0 saturated carbocycles.